The molecule has 1 N–H and O–H groups in total. The number of hydrogen-bond donors (Lipinski definition) is 1. The molecule has 2 fully saturated rings. The van der Waals surface area contributed by atoms with E-state index in [1.165, 1.54) is 19.3 Å². The van der Waals surface area contributed by atoms with Crippen molar-refractivity contribution in [2.45, 2.75) is 57.3 Å². The summed E-state index contributed by atoms with van der Waals surface area (Å²) in [5, 5.41) is 3.31. The zero-order chi connectivity index (χ0) is 17.8. The molecule has 1 saturated carbocycles. The zero-order valence-electron chi connectivity index (χ0n) is 16.0. The van der Waals surface area contributed by atoms with E-state index in [2.05, 4.69) is 17.2 Å². The third-order valence-corrected chi connectivity index (χ3v) is 7.84. The largest absolute Gasteiger partial charge is 0.376 e. The number of aliphatic imine (C=N–C) groups is 1. The molecule has 6 nitrogen and oxygen atoms in total. The van der Waals surface area contributed by atoms with Gasteiger partial charge in [-0.1, -0.05) is 19.8 Å². The highest BCUT2D eigenvalue weighted by Crippen LogP contribution is 2.26. The lowest BCUT2D eigenvalue weighted by molar-refractivity contribution is -0.00217. The van der Waals surface area contributed by atoms with Gasteiger partial charge >= 0.3 is 0 Å². The number of sulfone groups is 1. The highest BCUT2D eigenvalue weighted by atomic mass is 127. The molecular formula is C17H34IN3O3S. The minimum absolute atomic E-state index is 0. The molecule has 0 aromatic rings. The molecule has 2 atom stereocenters. The number of hydrogen-bond acceptors (Lipinski definition) is 4. The van der Waals surface area contributed by atoms with Crippen LogP contribution in [-0.4, -0.2) is 69.2 Å². The number of ether oxygens (including phenoxy) is 1. The maximum absolute atomic E-state index is 12.1. The minimum Gasteiger partial charge on any atom is -0.376 e. The Morgan fingerprint density at radius 1 is 1.32 bits per heavy atom. The Morgan fingerprint density at radius 3 is 2.60 bits per heavy atom. The third-order valence-electron chi connectivity index (χ3n) is 5.30. The first kappa shape index (κ1) is 23.0. The van der Waals surface area contributed by atoms with Crippen LogP contribution < -0.4 is 5.32 Å². The summed E-state index contributed by atoms with van der Waals surface area (Å²) in [6.07, 6.45) is 5.38. The van der Waals surface area contributed by atoms with Crippen LogP contribution in [0.2, 0.25) is 0 Å². The van der Waals surface area contributed by atoms with E-state index in [0.717, 1.165) is 12.4 Å². The Bertz CT molecular complexity index is 551. The van der Waals surface area contributed by atoms with E-state index in [1.807, 2.05) is 4.90 Å². The van der Waals surface area contributed by atoms with Crippen molar-refractivity contribution in [2.75, 3.05) is 39.0 Å². The monoisotopic (exact) mass is 487 g/mol. The number of halogens is 1. The predicted octanol–water partition coefficient (Wildman–Crippen LogP) is 2.28. The number of nitrogens with one attached hydrogen (secondary N) is 1. The zero-order valence-corrected chi connectivity index (χ0v) is 19.1. The van der Waals surface area contributed by atoms with E-state index in [1.54, 1.807) is 20.9 Å². The lowest BCUT2D eigenvalue weighted by Gasteiger charge is -2.39. The van der Waals surface area contributed by atoms with Crippen molar-refractivity contribution in [3.63, 3.8) is 0 Å². The molecule has 1 aliphatic heterocycles. The Labute approximate surface area is 170 Å². The van der Waals surface area contributed by atoms with E-state index in [4.69, 9.17) is 4.74 Å². The maximum Gasteiger partial charge on any atom is 0.193 e. The summed E-state index contributed by atoms with van der Waals surface area (Å²) < 4.78 is 29.5. The molecular weight excluding hydrogens is 453 g/mol. The minimum atomic E-state index is -3.03. The summed E-state index contributed by atoms with van der Waals surface area (Å²) in [4.78, 5) is 6.34. The standard InChI is InChI=1S/C17H33N3O3S.HI/c1-14-7-5-6-8-15(14)23-11-9-19-16(18-4)20-10-12-24(21,22)17(2,3)13-20;/h14-15H,5-13H2,1-4H3,(H,18,19);1H. The summed E-state index contributed by atoms with van der Waals surface area (Å²) in [7, 11) is -1.29. The Hall–Kier alpha value is -0.0900. The molecule has 148 valence electrons. The second-order valence-corrected chi connectivity index (χ2v) is 10.4. The Morgan fingerprint density at radius 2 is 2.00 bits per heavy atom. The van der Waals surface area contributed by atoms with E-state index in [0.29, 0.717) is 38.3 Å². The summed E-state index contributed by atoms with van der Waals surface area (Å²) in [5.41, 5.74) is 0. The molecule has 0 aromatic heterocycles. The van der Waals surface area contributed by atoms with Gasteiger partial charge in [0, 0.05) is 26.7 Å². The fourth-order valence-corrected chi connectivity index (χ4v) is 4.93. The smallest absolute Gasteiger partial charge is 0.193 e. The van der Waals surface area contributed by atoms with Gasteiger partial charge in [0.05, 0.1) is 23.2 Å². The van der Waals surface area contributed by atoms with Gasteiger partial charge in [-0.25, -0.2) is 8.42 Å². The molecule has 0 amide bonds. The van der Waals surface area contributed by atoms with Crippen LogP contribution in [0.3, 0.4) is 0 Å². The van der Waals surface area contributed by atoms with Crippen LogP contribution >= 0.6 is 24.0 Å². The van der Waals surface area contributed by atoms with E-state index in [-0.39, 0.29) is 29.7 Å². The van der Waals surface area contributed by atoms with Crippen molar-refractivity contribution >= 4 is 39.8 Å². The van der Waals surface area contributed by atoms with Gasteiger partial charge in [-0.05, 0) is 32.6 Å². The fourth-order valence-electron chi connectivity index (χ4n) is 3.56. The molecule has 2 rings (SSSR count). The summed E-state index contributed by atoms with van der Waals surface area (Å²) in [6.45, 7) is 8.15. The summed E-state index contributed by atoms with van der Waals surface area (Å²) in [6, 6.07) is 0. The molecule has 0 bridgehead atoms. The highest BCUT2D eigenvalue weighted by Gasteiger charge is 2.40. The molecule has 0 radical (unpaired) electrons. The van der Waals surface area contributed by atoms with Gasteiger partial charge in [0.15, 0.2) is 15.8 Å². The molecule has 25 heavy (non-hydrogen) atoms. The first-order valence-corrected chi connectivity index (χ1v) is 10.7. The van der Waals surface area contributed by atoms with E-state index >= 15 is 0 Å². The van der Waals surface area contributed by atoms with Gasteiger partial charge in [-0.15, -0.1) is 24.0 Å². The van der Waals surface area contributed by atoms with Crippen molar-refractivity contribution in [1.29, 1.82) is 0 Å². The molecule has 1 heterocycles. The molecule has 0 aromatic carbocycles. The quantitative estimate of drug-likeness (QED) is 0.285. The van der Waals surface area contributed by atoms with Gasteiger partial charge in [-0.3, -0.25) is 4.99 Å². The van der Waals surface area contributed by atoms with Crippen LogP contribution in [0.1, 0.15) is 46.5 Å². The Balaban J connectivity index is 0.00000312. The number of guanidine groups is 1. The topological polar surface area (TPSA) is 71.0 Å². The average Bonchev–Trinajstić information content (AvgIpc) is 2.52. The second-order valence-electron chi connectivity index (χ2n) is 7.65. The van der Waals surface area contributed by atoms with Crippen molar-refractivity contribution in [3.8, 4) is 0 Å². The summed E-state index contributed by atoms with van der Waals surface area (Å²) in [5.74, 6) is 1.58. The van der Waals surface area contributed by atoms with Crippen molar-refractivity contribution in [3.05, 3.63) is 0 Å². The van der Waals surface area contributed by atoms with Crippen LogP contribution in [0, 0.1) is 5.92 Å². The molecule has 2 unspecified atom stereocenters. The molecule has 1 saturated heterocycles. The van der Waals surface area contributed by atoms with Crippen LogP contribution in [-0.2, 0) is 14.6 Å². The maximum atomic E-state index is 12.1. The second kappa shape index (κ2) is 9.73. The molecule has 1 aliphatic carbocycles. The lowest BCUT2D eigenvalue weighted by atomic mass is 9.88. The third kappa shape index (κ3) is 5.95. The first-order chi connectivity index (χ1) is 11.3. The lowest BCUT2D eigenvalue weighted by Crippen LogP contribution is -2.57. The normalized spacial score (nSPS) is 29.0. The van der Waals surface area contributed by atoms with Crippen LogP contribution in [0.25, 0.3) is 0 Å². The van der Waals surface area contributed by atoms with Crippen molar-refractivity contribution in [2.24, 2.45) is 10.9 Å². The SMILES string of the molecule is CN=C(NCCOC1CCCCC1C)N1CCS(=O)(=O)C(C)(C)C1.I. The average molecular weight is 487 g/mol. The highest BCUT2D eigenvalue weighted by molar-refractivity contribution is 14.0. The first-order valence-electron chi connectivity index (χ1n) is 9.06. The van der Waals surface area contributed by atoms with Crippen LogP contribution in [0.5, 0.6) is 0 Å². The van der Waals surface area contributed by atoms with E-state index in [9.17, 15) is 8.42 Å². The Kier molecular flexibility index (Phi) is 8.93. The van der Waals surface area contributed by atoms with Crippen LogP contribution in [0.15, 0.2) is 4.99 Å². The number of rotatable bonds is 4. The van der Waals surface area contributed by atoms with Crippen molar-refractivity contribution < 1.29 is 13.2 Å². The molecule has 8 heteroatoms. The van der Waals surface area contributed by atoms with E-state index < -0.39 is 14.6 Å². The predicted molar refractivity (Wildman–Crippen MR) is 114 cm³/mol. The summed E-state index contributed by atoms with van der Waals surface area (Å²) >= 11 is 0. The van der Waals surface area contributed by atoms with Crippen LogP contribution in [0.4, 0.5) is 0 Å². The fraction of sp³-hybridized carbons (Fsp3) is 0.941. The molecule has 2 aliphatic rings. The molecule has 0 spiro atoms. The van der Waals surface area contributed by atoms with Gasteiger partial charge < -0.3 is 15.0 Å². The van der Waals surface area contributed by atoms with Crippen molar-refractivity contribution in [1.82, 2.24) is 10.2 Å². The van der Waals surface area contributed by atoms with Gasteiger partial charge in [0.2, 0.25) is 0 Å². The van der Waals surface area contributed by atoms with Gasteiger partial charge in [0.1, 0.15) is 0 Å². The van der Waals surface area contributed by atoms with Gasteiger partial charge in [-0.2, -0.15) is 0 Å². The number of nitrogens with zero attached hydrogens (tertiary/aromatic N) is 2. The van der Waals surface area contributed by atoms with Gasteiger partial charge in [0.25, 0.3) is 0 Å².